The van der Waals surface area contributed by atoms with Gasteiger partial charge in [0.1, 0.15) is 22.3 Å². The summed E-state index contributed by atoms with van der Waals surface area (Å²) >= 11 is 8.89. The van der Waals surface area contributed by atoms with E-state index in [0.717, 1.165) is 51.4 Å². The number of hydrogen-bond acceptors (Lipinski definition) is 9. The molecule has 1 atom stereocenters. The fourth-order valence-corrected chi connectivity index (χ4v) is 6.68. The number of hydrogen-bond donors (Lipinski definition) is 0. The van der Waals surface area contributed by atoms with Gasteiger partial charge in [0.2, 0.25) is 0 Å². The van der Waals surface area contributed by atoms with Gasteiger partial charge >= 0.3 is 41.5 Å². The molecule has 0 amide bonds. The Kier molecular flexibility index (Phi) is 18.0. The van der Waals surface area contributed by atoms with Crippen molar-refractivity contribution in [3.8, 4) is 0 Å². The Labute approximate surface area is 218 Å². The summed E-state index contributed by atoms with van der Waals surface area (Å²) in [4.78, 5) is 24.0. The van der Waals surface area contributed by atoms with E-state index in [1.54, 1.807) is 0 Å². The molecule has 0 heterocycles. The number of carbonyl (C=O) groups is 2. The first-order valence-electron chi connectivity index (χ1n) is 9.37. The Morgan fingerprint density at radius 1 is 0.900 bits per heavy atom. The molecule has 0 saturated heterocycles. The monoisotopic (exact) mass is 544 g/mol. The average Bonchev–Trinajstić information content (AvgIpc) is 2.68. The number of carbonyl (C=O) groups excluding carboxylic acids is 2. The largest absolute Gasteiger partial charge is 1.00 e. The number of rotatable bonds is 6. The van der Waals surface area contributed by atoms with Gasteiger partial charge in [-0.3, -0.25) is 9.59 Å². The molecular formula is C16H25NaO7S6. The molecule has 0 aromatic carbocycles. The molecular weight excluding hydrogens is 520 g/mol. The van der Waals surface area contributed by atoms with Crippen LogP contribution in [0.15, 0.2) is 0 Å². The Bertz CT molecular complexity index is 749. The van der Waals surface area contributed by atoms with E-state index in [2.05, 4.69) is 22.4 Å². The Morgan fingerprint density at radius 3 is 1.70 bits per heavy atom. The summed E-state index contributed by atoms with van der Waals surface area (Å²) in [6.07, 6.45) is 7.20. The number of esters is 2. The predicted octanol–water partition coefficient (Wildman–Crippen LogP) is -0.966. The SMILES string of the molecule is O=C(CC(C(=O)OC1CCCCC1)S(=O)(=O)[O-])OC1CCCCC1.S=S=S=S=S.[Na+]. The summed E-state index contributed by atoms with van der Waals surface area (Å²) in [6, 6.07) is 0. The maximum Gasteiger partial charge on any atom is 1.00 e. The van der Waals surface area contributed by atoms with Gasteiger partial charge in [0, 0.05) is 49.0 Å². The normalized spacial score (nSPS) is 18.4. The summed E-state index contributed by atoms with van der Waals surface area (Å²) in [6.45, 7) is 0. The van der Waals surface area contributed by atoms with Crippen molar-refractivity contribution in [2.24, 2.45) is 0 Å². The second-order valence-electron chi connectivity index (χ2n) is 6.84. The van der Waals surface area contributed by atoms with E-state index >= 15 is 0 Å². The fourth-order valence-electron chi connectivity index (χ4n) is 3.31. The van der Waals surface area contributed by atoms with E-state index in [9.17, 15) is 22.6 Å². The van der Waals surface area contributed by atoms with Gasteiger partial charge < -0.3 is 14.0 Å². The summed E-state index contributed by atoms with van der Waals surface area (Å²) in [5.41, 5.74) is 0. The molecule has 2 rings (SSSR count). The molecule has 0 radical (unpaired) electrons. The molecule has 0 aromatic heterocycles. The first-order chi connectivity index (χ1) is 13.8. The summed E-state index contributed by atoms with van der Waals surface area (Å²) in [5, 5.41) is -2.02. The molecule has 7 nitrogen and oxygen atoms in total. The van der Waals surface area contributed by atoms with Gasteiger partial charge in [0.25, 0.3) is 0 Å². The van der Waals surface area contributed by atoms with E-state index in [0.29, 0.717) is 12.8 Å². The fraction of sp³-hybridized carbons (Fsp3) is 0.875. The molecule has 2 aliphatic rings. The van der Waals surface area contributed by atoms with Crippen LogP contribution < -0.4 is 29.6 Å². The van der Waals surface area contributed by atoms with Crippen LogP contribution in [0.2, 0.25) is 0 Å². The van der Waals surface area contributed by atoms with Crippen molar-refractivity contribution in [2.45, 2.75) is 88.1 Å². The minimum absolute atomic E-state index is 0. The summed E-state index contributed by atoms with van der Waals surface area (Å²) in [5.74, 6) is -1.95. The molecule has 0 aliphatic heterocycles. The molecule has 0 aromatic rings. The molecule has 2 saturated carbocycles. The Hall–Kier alpha value is 0.950. The van der Waals surface area contributed by atoms with Gasteiger partial charge in [0.15, 0.2) is 5.25 Å². The zero-order valence-electron chi connectivity index (χ0n) is 16.8. The van der Waals surface area contributed by atoms with Crippen molar-refractivity contribution in [3.63, 3.8) is 0 Å². The van der Waals surface area contributed by atoms with Crippen LogP contribution in [0.5, 0.6) is 0 Å². The zero-order chi connectivity index (χ0) is 21.7. The van der Waals surface area contributed by atoms with Crippen molar-refractivity contribution in [1.29, 1.82) is 0 Å². The first kappa shape index (κ1) is 30.9. The smallest absolute Gasteiger partial charge is 0.747 e. The molecule has 0 spiro atoms. The minimum Gasteiger partial charge on any atom is -0.747 e. The van der Waals surface area contributed by atoms with Crippen LogP contribution in [-0.4, -0.2) is 42.4 Å². The molecule has 0 N–H and O–H groups in total. The standard InChI is InChI=1S/C16H26O7S.Na.S5/c17-15(22-12-7-3-1-4-8-12)11-14(24(19,20)21)16(18)23-13-9-5-2-6-10-13;;1-3-5-4-2/h12-14H,1-11H2,(H,19,20,21);;/q;+1;/p-1. The molecule has 30 heavy (non-hydrogen) atoms. The van der Waals surface area contributed by atoms with Crippen LogP contribution in [0.1, 0.15) is 70.6 Å². The van der Waals surface area contributed by atoms with Crippen LogP contribution in [0.3, 0.4) is 0 Å². The second kappa shape index (κ2) is 17.4. The third kappa shape index (κ3) is 13.5. The molecule has 0 bridgehead atoms. The quantitative estimate of drug-likeness (QED) is 0.237. The Morgan fingerprint density at radius 2 is 1.33 bits per heavy atom. The van der Waals surface area contributed by atoms with Gasteiger partial charge in [-0.2, -0.15) is 0 Å². The van der Waals surface area contributed by atoms with Crippen LogP contribution in [0, 0.1) is 0 Å². The van der Waals surface area contributed by atoms with Crippen molar-refractivity contribution < 1.29 is 61.6 Å². The van der Waals surface area contributed by atoms with E-state index in [-0.39, 0.29) is 41.8 Å². The number of ether oxygens (including phenoxy) is 2. The van der Waals surface area contributed by atoms with Gasteiger partial charge in [-0.1, -0.05) is 12.8 Å². The molecule has 2 fully saturated rings. The summed E-state index contributed by atoms with van der Waals surface area (Å²) in [7, 11) is -1.03. The van der Waals surface area contributed by atoms with E-state index in [1.165, 1.54) is 26.6 Å². The van der Waals surface area contributed by atoms with Crippen molar-refractivity contribution in [1.82, 2.24) is 0 Å². The van der Waals surface area contributed by atoms with Crippen LogP contribution in [0.25, 0.3) is 0 Å². The second-order valence-corrected chi connectivity index (χ2v) is 13.7. The molecule has 2 aliphatic carbocycles. The molecule has 14 heteroatoms. The van der Waals surface area contributed by atoms with E-state index < -0.39 is 33.7 Å². The van der Waals surface area contributed by atoms with Crippen molar-refractivity contribution in [2.75, 3.05) is 0 Å². The van der Waals surface area contributed by atoms with Crippen LogP contribution in [-0.2, 0) is 78.2 Å². The zero-order valence-corrected chi connectivity index (χ0v) is 23.7. The van der Waals surface area contributed by atoms with Gasteiger partial charge in [-0.15, -0.1) is 0 Å². The van der Waals surface area contributed by atoms with Crippen molar-refractivity contribution in [3.05, 3.63) is 0 Å². The third-order valence-electron chi connectivity index (χ3n) is 4.70. The first-order valence-corrected chi connectivity index (χ1v) is 16.2. The van der Waals surface area contributed by atoms with Gasteiger partial charge in [-0.25, -0.2) is 8.42 Å². The minimum atomic E-state index is -4.98. The molecule has 1 unspecified atom stereocenters. The Balaban J connectivity index is 0.00000125. The maximum absolute atomic E-state index is 12.1. The van der Waals surface area contributed by atoms with E-state index in [1.807, 2.05) is 0 Å². The van der Waals surface area contributed by atoms with Gasteiger partial charge in [-0.05, 0) is 51.4 Å². The van der Waals surface area contributed by atoms with Gasteiger partial charge in [0.05, 0.1) is 6.42 Å². The third-order valence-corrected chi connectivity index (χ3v) is 10.2. The topological polar surface area (TPSA) is 110 Å². The van der Waals surface area contributed by atoms with E-state index in [4.69, 9.17) is 9.47 Å². The van der Waals surface area contributed by atoms with Crippen LogP contribution in [0.4, 0.5) is 0 Å². The summed E-state index contributed by atoms with van der Waals surface area (Å²) < 4.78 is 44.5. The average molecular weight is 545 g/mol. The van der Waals surface area contributed by atoms with Crippen LogP contribution >= 0.6 is 0 Å². The molecule has 168 valence electrons. The predicted molar refractivity (Wildman–Crippen MR) is 121 cm³/mol. The maximum atomic E-state index is 12.1. The van der Waals surface area contributed by atoms with Crippen molar-refractivity contribution >= 4 is 71.1 Å².